The number of amides is 2. The Hall–Kier alpha value is -2.10. The molecule has 2 aliphatic heterocycles. The summed E-state index contributed by atoms with van der Waals surface area (Å²) in [6.07, 6.45) is -4.58. The Morgan fingerprint density at radius 1 is 1.32 bits per heavy atom. The lowest BCUT2D eigenvalue weighted by Crippen LogP contribution is -2.64. The van der Waals surface area contributed by atoms with Gasteiger partial charge < -0.3 is 10.2 Å². The molecule has 0 aliphatic carbocycles. The van der Waals surface area contributed by atoms with Crippen molar-refractivity contribution in [3.63, 3.8) is 0 Å². The fourth-order valence-electron chi connectivity index (χ4n) is 2.70. The van der Waals surface area contributed by atoms with E-state index in [0.29, 0.717) is 32.2 Å². The minimum atomic E-state index is -4.58. The van der Waals surface area contributed by atoms with Gasteiger partial charge in [0.05, 0.1) is 0 Å². The maximum atomic E-state index is 12.5. The van der Waals surface area contributed by atoms with Crippen molar-refractivity contribution in [3.8, 4) is 0 Å². The zero-order chi connectivity index (χ0) is 15.9. The van der Waals surface area contributed by atoms with Crippen molar-refractivity contribution in [1.82, 2.24) is 25.3 Å². The van der Waals surface area contributed by atoms with Crippen LogP contribution in [0.5, 0.6) is 0 Å². The number of piperazine rings is 2. The van der Waals surface area contributed by atoms with E-state index in [4.69, 9.17) is 0 Å². The lowest BCUT2D eigenvalue weighted by Gasteiger charge is -2.42. The fraction of sp³-hybridized carbons (Fsp3) is 0.583. The van der Waals surface area contributed by atoms with E-state index in [0.717, 1.165) is 0 Å². The van der Waals surface area contributed by atoms with E-state index in [-0.39, 0.29) is 18.1 Å². The van der Waals surface area contributed by atoms with Gasteiger partial charge in [-0.15, -0.1) is 0 Å². The number of carbonyl (C=O) groups is 2. The molecule has 0 spiro atoms. The van der Waals surface area contributed by atoms with Gasteiger partial charge in [0.1, 0.15) is 11.7 Å². The third-order valence-corrected chi connectivity index (χ3v) is 3.88. The summed E-state index contributed by atoms with van der Waals surface area (Å²) >= 11 is 0. The number of H-pyrrole nitrogens is 1. The monoisotopic (exact) mass is 317 g/mol. The third kappa shape index (κ3) is 2.65. The first-order valence-corrected chi connectivity index (χ1v) is 6.80. The van der Waals surface area contributed by atoms with E-state index in [1.165, 1.54) is 4.90 Å². The summed E-state index contributed by atoms with van der Waals surface area (Å²) in [6.45, 7) is 2.30. The van der Waals surface area contributed by atoms with Crippen molar-refractivity contribution in [2.75, 3.05) is 32.7 Å². The van der Waals surface area contributed by atoms with Gasteiger partial charge in [-0.1, -0.05) is 0 Å². The van der Waals surface area contributed by atoms with Gasteiger partial charge in [-0.3, -0.25) is 19.6 Å². The zero-order valence-electron chi connectivity index (χ0n) is 11.5. The highest BCUT2D eigenvalue weighted by atomic mass is 19.4. The summed E-state index contributed by atoms with van der Waals surface area (Å²) in [5.74, 6) is -0.772. The van der Waals surface area contributed by atoms with Gasteiger partial charge in [-0.05, 0) is 0 Å². The highest BCUT2D eigenvalue weighted by Gasteiger charge is 2.38. The van der Waals surface area contributed by atoms with Crippen LogP contribution in [0.25, 0.3) is 0 Å². The Balaban J connectivity index is 1.73. The van der Waals surface area contributed by atoms with Crippen LogP contribution in [0.4, 0.5) is 13.2 Å². The number of hydrogen-bond acceptors (Lipinski definition) is 4. The van der Waals surface area contributed by atoms with Crippen LogP contribution in [0.3, 0.4) is 0 Å². The molecule has 1 atom stereocenters. The maximum absolute atomic E-state index is 12.5. The quantitative estimate of drug-likeness (QED) is 0.744. The smallest absolute Gasteiger partial charge is 0.353 e. The van der Waals surface area contributed by atoms with E-state index in [9.17, 15) is 22.8 Å². The van der Waals surface area contributed by atoms with Crippen LogP contribution in [-0.2, 0) is 11.0 Å². The Morgan fingerprint density at radius 3 is 2.77 bits per heavy atom. The highest BCUT2D eigenvalue weighted by molar-refractivity contribution is 5.93. The number of alkyl halides is 3. The molecule has 2 fully saturated rings. The minimum absolute atomic E-state index is 0.152. The number of aromatic nitrogens is 2. The van der Waals surface area contributed by atoms with Gasteiger partial charge in [0.15, 0.2) is 5.69 Å². The molecule has 7 nitrogen and oxygen atoms in total. The van der Waals surface area contributed by atoms with Gasteiger partial charge in [0.25, 0.3) is 5.91 Å². The molecule has 3 heterocycles. The third-order valence-electron chi connectivity index (χ3n) is 3.88. The second-order valence-corrected chi connectivity index (χ2v) is 5.26. The topological polar surface area (TPSA) is 81.3 Å². The standard InChI is InChI=1S/C12H14F3N5O2/c13-12(14,15)9-5-7(17-18-9)11(22)20-4-3-19-2-1-16-10(21)8(19)6-20/h5,8H,1-4,6H2,(H,16,21)(H,17,18)/t8-/m0/s1. The average Bonchev–Trinajstić information content (AvgIpc) is 2.96. The molecule has 0 bridgehead atoms. The van der Waals surface area contributed by atoms with Crippen molar-refractivity contribution in [1.29, 1.82) is 0 Å². The minimum Gasteiger partial charge on any atom is -0.353 e. The number of nitrogens with zero attached hydrogens (tertiary/aromatic N) is 3. The molecule has 2 saturated heterocycles. The Bertz CT molecular complexity index is 600. The van der Waals surface area contributed by atoms with E-state index < -0.39 is 23.8 Å². The molecule has 0 saturated carbocycles. The van der Waals surface area contributed by atoms with Crippen LogP contribution in [0, 0.1) is 0 Å². The van der Waals surface area contributed by atoms with Crippen LogP contribution >= 0.6 is 0 Å². The molecule has 22 heavy (non-hydrogen) atoms. The second-order valence-electron chi connectivity index (χ2n) is 5.26. The molecule has 2 aliphatic rings. The van der Waals surface area contributed by atoms with E-state index >= 15 is 0 Å². The van der Waals surface area contributed by atoms with Crippen molar-refractivity contribution < 1.29 is 22.8 Å². The molecule has 2 amide bonds. The van der Waals surface area contributed by atoms with Crippen LogP contribution in [-0.4, -0.2) is 70.6 Å². The number of rotatable bonds is 1. The van der Waals surface area contributed by atoms with Crippen molar-refractivity contribution in [3.05, 3.63) is 17.5 Å². The number of nitrogens with one attached hydrogen (secondary N) is 2. The first kappa shape index (κ1) is 14.8. The number of carbonyl (C=O) groups excluding carboxylic acids is 2. The van der Waals surface area contributed by atoms with E-state index in [1.807, 2.05) is 10.00 Å². The fourth-order valence-corrected chi connectivity index (χ4v) is 2.70. The molecule has 1 aromatic rings. The van der Waals surface area contributed by atoms with Gasteiger partial charge in [-0.25, -0.2) is 0 Å². The van der Waals surface area contributed by atoms with E-state index in [2.05, 4.69) is 10.4 Å². The molecule has 0 radical (unpaired) electrons. The Morgan fingerprint density at radius 2 is 2.09 bits per heavy atom. The van der Waals surface area contributed by atoms with Crippen LogP contribution < -0.4 is 5.32 Å². The predicted molar refractivity (Wildman–Crippen MR) is 67.9 cm³/mol. The zero-order valence-corrected chi connectivity index (χ0v) is 11.5. The molecular weight excluding hydrogens is 303 g/mol. The SMILES string of the molecule is O=C1NCCN2CCN(C(=O)c3cc(C(F)(F)F)[nH]n3)C[C@@H]12. The predicted octanol–water partition coefficient (Wildman–Crippen LogP) is -0.315. The molecule has 2 N–H and O–H groups in total. The molecular formula is C12H14F3N5O2. The molecule has 0 aromatic carbocycles. The summed E-state index contributed by atoms with van der Waals surface area (Å²) in [7, 11) is 0. The first-order chi connectivity index (χ1) is 10.4. The van der Waals surface area contributed by atoms with E-state index in [1.54, 1.807) is 0 Å². The molecule has 3 rings (SSSR count). The molecule has 120 valence electrons. The summed E-state index contributed by atoms with van der Waals surface area (Å²) < 4.78 is 37.6. The van der Waals surface area contributed by atoms with Crippen LogP contribution in [0.15, 0.2) is 6.07 Å². The Kier molecular flexibility index (Phi) is 3.55. The van der Waals surface area contributed by atoms with Crippen molar-refractivity contribution in [2.24, 2.45) is 0 Å². The lowest BCUT2D eigenvalue weighted by molar-refractivity contribution is -0.141. The van der Waals surface area contributed by atoms with Gasteiger partial charge in [0, 0.05) is 38.8 Å². The lowest BCUT2D eigenvalue weighted by atomic mass is 10.1. The number of fused-ring (bicyclic) bond motifs is 1. The largest absolute Gasteiger partial charge is 0.432 e. The summed E-state index contributed by atoms with van der Waals surface area (Å²) in [5, 5.41) is 7.96. The summed E-state index contributed by atoms with van der Waals surface area (Å²) in [5.41, 5.74) is -1.36. The average molecular weight is 317 g/mol. The van der Waals surface area contributed by atoms with Crippen molar-refractivity contribution in [2.45, 2.75) is 12.2 Å². The number of hydrogen-bond donors (Lipinski definition) is 2. The number of aromatic amines is 1. The Labute approximate surface area is 123 Å². The maximum Gasteiger partial charge on any atom is 0.432 e. The molecule has 0 unspecified atom stereocenters. The second kappa shape index (κ2) is 5.27. The highest BCUT2D eigenvalue weighted by Crippen LogP contribution is 2.28. The van der Waals surface area contributed by atoms with Crippen LogP contribution in [0.1, 0.15) is 16.2 Å². The molecule has 1 aromatic heterocycles. The summed E-state index contributed by atoms with van der Waals surface area (Å²) in [6, 6.07) is 0.239. The number of halogens is 3. The molecule has 10 heteroatoms. The van der Waals surface area contributed by atoms with Gasteiger partial charge >= 0.3 is 6.18 Å². The van der Waals surface area contributed by atoms with Gasteiger partial charge in [0.2, 0.25) is 5.91 Å². The van der Waals surface area contributed by atoms with Gasteiger partial charge in [-0.2, -0.15) is 18.3 Å². The summed E-state index contributed by atoms with van der Waals surface area (Å²) in [4.78, 5) is 27.4. The normalized spacial score (nSPS) is 23.1. The van der Waals surface area contributed by atoms with Crippen LogP contribution in [0.2, 0.25) is 0 Å². The van der Waals surface area contributed by atoms with Crippen molar-refractivity contribution >= 4 is 11.8 Å². The first-order valence-electron chi connectivity index (χ1n) is 6.80.